The smallest absolute Gasteiger partial charge is 0.306 e. The quantitative estimate of drug-likeness (QED) is 0.794. The normalized spacial score (nSPS) is 12.9. The lowest BCUT2D eigenvalue weighted by Gasteiger charge is -2.00. The van der Waals surface area contributed by atoms with Gasteiger partial charge in [-0.25, -0.2) is 4.39 Å². The molecule has 0 spiro atoms. The molecule has 0 aliphatic heterocycles. The Hall–Kier alpha value is -1.68. The Balaban J connectivity index is 2.57. The highest BCUT2D eigenvalue weighted by atomic mass is 19.1. The van der Waals surface area contributed by atoms with Gasteiger partial charge in [0, 0.05) is 0 Å². The van der Waals surface area contributed by atoms with Gasteiger partial charge in [0.15, 0.2) is 0 Å². The van der Waals surface area contributed by atoms with Crippen molar-refractivity contribution in [2.75, 3.05) is 0 Å². The second kappa shape index (κ2) is 5.26. The van der Waals surface area contributed by atoms with Crippen LogP contribution in [0, 0.1) is 5.82 Å². The molecule has 1 aromatic carbocycles. The first-order chi connectivity index (χ1) is 7.08. The van der Waals surface area contributed by atoms with Crippen LogP contribution in [0.15, 0.2) is 30.3 Å². The number of aliphatic carboxylic acids is 1. The summed E-state index contributed by atoms with van der Waals surface area (Å²) in [4.78, 5) is 10.2. The predicted molar refractivity (Wildman–Crippen MR) is 53.7 cm³/mol. The SMILES string of the molecule is O=C(O)CC(O)/C=C/c1ccc(F)cc1. The van der Waals surface area contributed by atoms with E-state index in [0.29, 0.717) is 5.56 Å². The van der Waals surface area contributed by atoms with Crippen LogP contribution in [0.2, 0.25) is 0 Å². The van der Waals surface area contributed by atoms with E-state index < -0.39 is 12.1 Å². The average molecular weight is 210 g/mol. The van der Waals surface area contributed by atoms with Crippen LogP contribution in [0.1, 0.15) is 12.0 Å². The summed E-state index contributed by atoms with van der Waals surface area (Å²) in [5.41, 5.74) is 0.709. The Morgan fingerprint density at radius 3 is 2.53 bits per heavy atom. The van der Waals surface area contributed by atoms with E-state index in [1.807, 2.05) is 0 Å². The zero-order valence-electron chi connectivity index (χ0n) is 7.93. The van der Waals surface area contributed by atoms with Crippen molar-refractivity contribution in [2.45, 2.75) is 12.5 Å². The molecule has 0 bridgehead atoms. The molecule has 2 N–H and O–H groups in total. The molecular weight excluding hydrogens is 199 g/mol. The van der Waals surface area contributed by atoms with Crippen molar-refractivity contribution in [1.29, 1.82) is 0 Å². The number of halogens is 1. The molecule has 0 saturated carbocycles. The number of benzene rings is 1. The fraction of sp³-hybridized carbons (Fsp3) is 0.182. The van der Waals surface area contributed by atoms with Crippen LogP contribution < -0.4 is 0 Å². The first-order valence-electron chi connectivity index (χ1n) is 4.41. The van der Waals surface area contributed by atoms with E-state index in [2.05, 4.69) is 0 Å². The minimum atomic E-state index is -1.06. The number of carboxylic acid groups (broad SMARTS) is 1. The van der Waals surface area contributed by atoms with Crippen LogP contribution in [0.25, 0.3) is 6.08 Å². The fourth-order valence-electron chi connectivity index (χ4n) is 1.04. The molecule has 1 aromatic rings. The summed E-state index contributed by atoms with van der Waals surface area (Å²) in [5.74, 6) is -1.40. The first kappa shape index (κ1) is 11.4. The third-order valence-corrected chi connectivity index (χ3v) is 1.76. The van der Waals surface area contributed by atoms with Gasteiger partial charge in [-0.05, 0) is 17.7 Å². The fourth-order valence-corrected chi connectivity index (χ4v) is 1.04. The summed E-state index contributed by atoms with van der Waals surface area (Å²) in [6, 6.07) is 5.67. The molecular formula is C11H11FO3. The molecule has 15 heavy (non-hydrogen) atoms. The van der Waals surface area contributed by atoms with Crippen molar-refractivity contribution in [3.05, 3.63) is 41.7 Å². The van der Waals surface area contributed by atoms with Gasteiger partial charge in [0.05, 0.1) is 12.5 Å². The maximum absolute atomic E-state index is 12.5. The Bertz CT molecular complexity index is 357. The highest BCUT2D eigenvalue weighted by Gasteiger charge is 2.04. The molecule has 0 aliphatic rings. The van der Waals surface area contributed by atoms with Crippen LogP contribution in [-0.2, 0) is 4.79 Å². The largest absolute Gasteiger partial charge is 0.481 e. The van der Waals surface area contributed by atoms with Gasteiger partial charge in [0.1, 0.15) is 5.82 Å². The van der Waals surface area contributed by atoms with E-state index in [1.165, 1.54) is 18.2 Å². The van der Waals surface area contributed by atoms with Crippen molar-refractivity contribution >= 4 is 12.0 Å². The molecule has 1 unspecified atom stereocenters. The Morgan fingerprint density at radius 1 is 1.40 bits per heavy atom. The number of hydrogen-bond acceptors (Lipinski definition) is 2. The number of carboxylic acids is 1. The third-order valence-electron chi connectivity index (χ3n) is 1.76. The number of carbonyl (C=O) groups is 1. The Morgan fingerprint density at radius 2 is 2.00 bits per heavy atom. The van der Waals surface area contributed by atoms with Crippen LogP contribution in [0.3, 0.4) is 0 Å². The van der Waals surface area contributed by atoms with Crippen LogP contribution in [-0.4, -0.2) is 22.3 Å². The zero-order valence-corrected chi connectivity index (χ0v) is 7.93. The minimum absolute atomic E-state index is 0.335. The van der Waals surface area contributed by atoms with E-state index in [4.69, 9.17) is 5.11 Å². The Labute approximate surface area is 86.5 Å². The summed E-state index contributed by atoms with van der Waals surface area (Å²) in [6.07, 6.45) is 1.55. The highest BCUT2D eigenvalue weighted by Crippen LogP contribution is 2.06. The number of rotatable bonds is 4. The summed E-state index contributed by atoms with van der Waals surface area (Å²) < 4.78 is 12.5. The third kappa shape index (κ3) is 4.37. The van der Waals surface area contributed by atoms with Gasteiger partial charge in [-0.3, -0.25) is 4.79 Å². The molecule has 0 aliphatic carbocycles. The van der Waals surface area contributed by atoms with E-state index in [9.17, 15) is 14.3 Å². The lowest BCUT2D eigenvalue weighted by Crippen LogP contribution is -2.09. The molecule has 0 amide bonds. The van der Waals surface area contributed by atoms with E-state index >= 15 is 0 Å². The van der Waals surface area contributed by atoms with E-state index in [0.717, 1.165) is 0 Å². The van der Waals surface area contributed by atoms with Crippen LogP contribution in [0.5, 0.6) is 0 Å². The van der Waals surface area contributed by atoms with Gasteiger partial charge in [-0.15, -0.1) is 0 Å². The van der Waals surface area contributed by atoms with Crippen molar-refractivity contribution in [2.24, 2.45) is 0 Å². The topological polar surface area (TPSA) is 57.5 Å². The van der Waals surface area contributed by atoms with Gasteiger partial charge in [0.25, 0.3) is 0 Å². The number of aliphatic hydroxyl groups excluding tert-OH is 1. The molecule has 0 radical (unpaired) electrons. The molecule has 1 rings (SSSR count). The van der Waals surface area contributed by atoms with Crippen molar-refractivity contribution in [1.82, 2.24) is 0 Å². The summed E-state index contributed by atoms with van der Waals surface area (Å²) in [7, 11) is 0. The van der Waals surface area contributed by atoms with Crippen molar-refractivity contribution < 1.29 is 19.4 Å². The lowest BCUT2D eigenvalue weighted by atomic mass is 10.1. The average Bonchev–Trinajstić information content (AvgIpc) is 2.16. The summed E-state index contributed by atoms with van der Waals surface area (Å²) >= 11 is 0. The predicted octanol–water partition coefficient (Wildman–Crippen LogP) is 1.67. The van der Waals surface area contributed by atoms with Gasteiger partial charge < -0.3 is 10.2 Å². The van der Waals surface area contributed by atoms with Gasteiger partial charge in [-0.2, -0.15) is 0 Å². The van der Waals surface area contributed by atoms with Gasteiger partial charge in [-0.1, -0.05) is 24.3 Å². The van der Waals surface area contributed by atoms with E-state index in [-0.39, 0.29) is 12.2 Å². The zero-order chi connectivity index (χ0) is 11.3. The molecule has 80 valence electrons. The summed E-state index contributed by atoms with van der Waals surface area (Å²) in [5, 5.41) is 17.6. The molecule has 1 atom stereocenters. The van der Waals surface area contributed by atoms with Crippen LogP contribution in [0.4, 0.5) is 4.39 Å². The van der Waals surface area contributed by atoms with Gasteiger partial charge in [0.2, 0.25) is 0 Å². The lowest BCUT2D eigenvalue weighted by molar-refractivity contribution is -0.138. The molecule has 4 heteroatoms. The van der Waals surface area contributed by atoms with E-state index in [1.54, 1.807) is 18.2 Å². The second-order valence-electron chi connectivity index (χ2n) is 3.08. The molecule has 0 heterocycles. The molecule has 0 aromatic heterocycles. The van der Waals surface area contributed by atoms with Gasteiger partial charge >= 0.3 is 5.97 Å². The Kier molecular flexibility index (Phi) is 4.00. The number of hydrogen-bond donors (Lipinski definition) is 2. The standard InChI is InChI=1S/C11H11FO3/c12-9-4-1-8(2-5-9)3-6-10(13)7-11(14)15/h1-6,10,13H,7H2,(H,14,15)/b6-3+. The maximum Gasteiger partial charge on any atom is 0.306 e. The van der Waals surface area contributed by atoms with Crippen LogP contribution >= 0.6 is 0 Å². The monoisotopic (exact) mass is 210 g/mol. The second-order valence-corrected chi connectivity index (χ2v) is 3.08. The number of aliphatic hydroxyl groups is 1. The minimum Gasteiger partial charge on any atom is -0.481 e. The maximum atomic E-state index is 12.5. The highest BCUT2D eigenvalue weighted by molar-refractivity contribution is 5.68. The molecule has 0 fully saturated rings. The molecule has 3 nitrogen and oxygen atoms in total. The first-order valence-corrected chi connectivity index (χ1v) is 4.41. The summed E-state index contributed by atoms with van der Waals surface area (Å²) in [6.45, 7) is 0. The van der Waals surface area contributed by atoms with Crippen molar-refractivity contribution in [3.63, 3.8) is 0 Å². The van der Waals surface area contributed by atoms with Crippen molar-refractivity contribution in [3.8, 4) is 0 Å². The molecule has 0 saturated heterocycles.